The van der Waals surface area contributed by atoms with Gasteiger partial charge in [0.1, 0.15) is 0 Å². The van der Waals surface area contributed by atoms with Gasteiger partial charge >= 0.3 is 0 Å². The van der Waals surface area contributed by atoms with Crippen molar-refractivity contribution < 1.29 is 14.2 Å². The molecule has 0 atom stereocenters. The molecule has 0 rings (SSSR count). The Bertz CT molecular complexity index is 95.0. The Labute approximate surface area is 94.1 Å². The van der Waals surface area contributed by atoms with Crippen LogP contribution in [-0.2, 0) is 14.2 Å². The molecule has 0 aromatic heterocycles. The van der Waals surface area contributed by atoms with E-state index in [1.54, 1.807) is 0 Å². The fourth-order valence-corrected chi connectivity index (χ4v) is 1.12. The van der Waals surface area contributed by atoms with Gasteiger partial charge in [-0.2, -0.15) is 0 Å². The molecule has 3 heteroatoms. The highest BCUT2D eigenvalue weighted by molar-refractivity contribution is 4.39. The lowest BCUT2D eigenvalue weighted by atomic mass is 10.3. The summed E-state index contributed by atoms with van der Waals surface area (Å²) < 4.78 is 16.0. The van der Waals surface area contributed by atoms with Gasteiger partial charge < -0.3 is 14.2 Å². The van der Waals surface area contributed by atoms with Gasteiger partial charge in [-0.25, -0.2) is 0 Å². The van der Waals surface area contributed by atoms with Crippen molar-refractivity contribution in [3.63, 3.8) is 0 Å². The average Bonchev–Trinajstić information content (AvgIpc) is 2.26. The summed E-state index contributed by atoms with van der Waals surface area (Å²) >= 11 is 0. The molecular formula is C12H26O3. The van der Waals surface area contributed by atoms with E-state index in [9.17, 15) is 0 Å². The Morgan fingerprint density at radius 1 is 0.600 bits per heavy atom. The van der Waals surface area contributed by atoms with Crippen LogP contribution in [0.4, 0.5) is 0 Å². The van der Waals surface area contributed by atoms with E-state index in [4.69, 9.17) is 14.2 Å². The highest BCUT2D eigenvalue weighted by Crippen LogP contribution is 1.94. The van der Waals surface area contributed by atoms with E-state index >= 15 is 0 Å². The maximum absolute atomic E-state index is 5.44. The van der Waals surface area contributed by atoms with E-state index in [0.717, 1.165) is 39.3 Å². The third kappa shape index (κ3) is 13.9. The molecule has 0 unspecified atom stereocenters. The quantitative estimate of drug-likeness (QED) is 0.471. The SMILES string of the molecule is CCCCOCCCCOCCOCC. The monoisotopic (exact) mass is 218 g/mol. The Morgan fingerprint density at radius 3 is 1.73 bits per heavy atom. The van der Waals surface area contributed by atoms with Crippen LogP contribution in [0.2, 0.25) is 0 Å². The van der Waals surface area contributed by atoms with Gasteiger partial charge in [-0.3, -0.25) is 0 Å². The van der Waals surface area contributed by atoms with Crippen molar-refractivity contribution in [2.24, 2.45) is 0 Å². The highest BCUT2D eigenvalue weighted by Gasteiger charge is 1.91. The highest BCUT2D eigenvalue weighted by atomic mass is 16.5. The molecule has 0 aliphatic carbocycles. The van der Waals surface area contributed by atoms with Crippen LogP contribution < -0.4 is 0 Å². The first kappa shape index (κ1) is 14.9. The van der Waals surface area contributed by atoms with Crippen molar-refractivity contribution in [2.45, 2.75) is 39.5 Å². The number of ether oxygens (including phenoxy) is 3. The zero-order valence-corrected chi connectivity index (χ0v) is 10.3. The molecule has 0 bridgehead atoms. The molecule has 92 valence electrons. The molecule has 0 saturated carbocycles. The van der Waals surface area contributed by atoms with Gasteiger partial charge in [0, 0.05) is 26.4 Å². The number of unbranched alkanes of at least 4 members (excludes halogenated alkanes) is 2. The van der Waals surface area contributed by atoms with Crippen LogP contribution in [0.25, 0.3) is 0 Å². The summed E-state index contributed by atoms with van der Waals surface area (Å²) in [6, 6.07) is 0. The molecule has 0 N–H and O–H groups in total. The van der Waals surface area contributed by atoms with Crippen LogP contribution in [-0.4, -0.2) is 39.6 Å². The van der Waals surface area contributed by atoms with Crippen LogP contribution in [0.3, 0.4) is 0 Å². The van der Waals surface area contributed by atoms with Crippen LogP contribution >= 0.6 is 0 Å². The number of hydrogen-bond acceptors (Lipinski definition) is 3. The van der Waals surface area contributed by atoms with Crippen molar-refractivity contribution in [3.8, 4) is 0 Å². The van der Waals surface area contributed by atoms with E-state index in [2.05, 4.69) is 6.92 Å². The molecule has 0 amide bonds. The van der Waals surface area contributed by atoms with Gasteiger partial charge in [0.2, 0.25) is 0 Å². The minimum atomic E-state index is 0.712. The average molecular weight is 218 g/mol. The van der Waals surface area contributed by atoms with Gasteiger partial charge in [-0.05, 0) is 26.2 Å². The van der Waals surface area contributed by atoms with Crippen molar-refractivity contribution in [1.29, 1.82) is 0 Å². The van der Waals surface area contributed by atoms with Crippen LogP contribution in [0.15, 0.2) is 0 Å². The van der Waals surface area contributed by atoms with Gasteiger partial charge in [-0.15, -0.1) is 0 Å². The molecule has 15 heavy (non-hydrogen) atoms. The van der Waals surface area contributed by atoms with Gasteiger partial charge in [0.25, 0.3) is 0 Å². The molecule has 0 aliphatic rings. The fourth-order valence-electron chi connectivity index (χ4n) is 1.12. The third-order valence-corrected chi connectivity index (χ3v) is 2.05. The second kappa shape index (κ2) is 13.9. The van der Waals surface area contributed by atoms with Crippen LogP contribution in [0.5, 0.6) is 0 Å². The Hall–Kier alpha value is -0.120. The largest absolute Gasteiger partial charge is 0.381 e. The molecule has 0 radical (unpaired) electrons. The summed E-state index contributed by atoms with van der Waals surface area (Å²) in [5.41, 5.74) is 0. The number of rotatable bonds is 12. The second-order valence-corrected chi connectivity index (χ2v) is 3.48. The lowest BCUT2D eigenvalue weighted by Crippen LogP contribution is -2.05. The first-order valence-corrected chi connectivity index (χ1v) is 6.15. The van der Waals surface area contributed by atoms with Crippen molar-refractivity contribution in [2.75, 3.05) is 39.6 Å². The minimum absolute atomic E-state index is 0.712. The molecule has 0 spiro atoms. The molecular weight excluding hydrogens is 192 g/mol. The smallest absolute Gasteiger partial charge is 0.0700 e. The Balaban J connectivity index is 2.81. The van der Waals surface area contributed by atoms with E-state index in [-0.39, 0.29) is 0 Å². The fraction of sp³-hybridized carbons (Fsp3) is 1.00. The minimum Gasteiger partial charge on any atom is -0.381 e. The number of hydrogen-bond donors (Lipinski definition) is 0. The first-order valence-electron chi connectivity index (χ1n) is 6.15. The van der Waals surface area contributed by atoms with Crippen LogP contribution in [0, 0.1) is 0 Å². The van der Waals surface area contributed by atoms with Gasteiger partial charge in [-0.1, -0.05) is 13.3 Å². The zero-order chi connectivity index (χ0) is 11.2. The lowest BCUT2D eigenvalue weighted by molar-refractivity contribution is 0.0475. The normalized spacial score (nSPS) is 10.8. The van der Waals surface area contributed by atoms with Crippen LogP contribution in [0.1, 0.15) is 39.5 Å². The first-order chi connectivity index (χ1) is 7.41. The molecule has 0 aromatic carbocycles. The molecule has 0 aromatic rings. The van der Waals surface area contributed by atoms with Gasteiger partial charge in [0.05, 0.1) is 13.2 Å². The van der Waals surface area contributed by atoms with E-state index in [1.807, 2.05) is 6.92 Å². The second-order valence-electron chi connectivity index (χ2n) is 3.48. The van der Waals surface area contributed by atoms with E-state index in [1.165, 1.54) is 12.8 Å². The van der Waals surface area contributed by atoms with Crippen molar-refractivity contribution >= 4 is 0 Å². The Morgan fingerprint density at radius 2 is 1.13 bits per heavy atom. The molecule has 0 fully saturated rings. The summed E-state index contributed by atoms with van der Waals surface area (Å²) in [7, 11) is 0. The summed E-state index contributed by atoms with van der Waals surface area (Å²) in [5.74, 6) is 0. The Kier molecular flexibility index (Phi) is 13.8. The van der Waals surface area contributed by atoms with Crippen molar-refractivity contribution in [1.82, 2.24) is 0 Å². The third-order valence-electron chi connectivity index (χ3n) is 2.05. The van der Waals surface area contributed by atoms with Gasteiger partial charge in [0.15, 0.2) is 0 Å². The molecule has 0 aliphatic heterocycles. The standard InChI is InChI=1S/C12H26O3/c1-3-5-8-14-9-6-7-10-15-12-11-13-4-2/h3-12H2,1-2H3. The summed E-state index contributed by atoms with van der Waals surface area (Å²) in [4.78, 5) is 0. The van der Waals surface area contributed by atoms with E-state index < -0.39 is 0 Å². The zero-order valence-electron chi connectivity index (χ0n) is 10.3. The predicted octanol–water partition coefficient (Wildman–Crippen LogP) is 2.64. The predicted molar refractivity (Wildman–Crippen MR) is 62.3 cm³/mol. The summed E-state index contributed by atoms with van der Waals surface area (Å²) in [6.07, 6.45) is 4.56. The summed E-state index contributed by atoms with van der Waals surface area (Å²) in [5, 5.41) is 0. The van der Waals surface area contributed by atoms with Crippen molar-refractivity contribution in [3.05, 3.63) is 0 Å². The summed E-state index contributed by atoms with van der Waals surface area (Å²) in [6.45, 7) is 8.96. The lowest BCUT2D eigenvalue weighted by Gasteiger charge is -2.05. The maximum atomic E-state index is 5.44. The maximum Gasteiger partial charge on any atom is 0.0700 e. The topological polar surface area (TPSA) is 27.7 Å². The molecule has 0 saturated heterocycles. The molecule has 3 nitrogen and oxygen atoms in total. The molecule has 0 heterocycles. The van der Waals surface area contributed by atoms with E-state index in [0.29, 0.717) is 13.2 Å².